The molecule has 0 saturated heterocycles. The second-order valence-electron chi connectivity index (χ2n) is 3.00. The first-order valence-corrected chi connectivity index (χ1v) is 4.30. The van der Waals surface area contributed by atoms with Crippen molar-refractivity contribution in [2.75, 3.05) is 10.9 Å². The van der Waals surface area contributed by atoms with E-state index in [4.69, 9.17) is 0 Å². The first kappa shape index (κ1) is 7.43. The molecule has 1 aliphatic heterocycles. The highest BCUT2D eigenvalue weighted by Gasteiger charge is 2.07. The molecule has 1 aromatic rings. The summed E-state index contributed by atoms with van der Waals surface area (Å²) in [6.45, 7) is 2.19. The van der Waals surface area contributed by atoms with Gasteiger partial charge in [-0.25, -0.2) is 0 Å². The second-order valence-corrected chi connectivity index (χ2v) is 3.00. The molecule has 0 aliphatic carbocycles. The minimum atomic E-state index is 1.12. The number of hydrogen-bond donors (Lipinski definition) is 3. The number of nitrogens with one attached hydrogen (secondary N) is 3. The summed E-state index contributed by atoms with van der Waals surface area (Å²) in [5.74, 6) is 0. The van der Waals surface area contributed by atoms with Gasteiger partial charge in [-0.05, 0) is 24.1 Å². The van der Waals surface area contributed by atoms with Crippen molar-refractivity contribution < 1.29 is 0 Å². The Morgan fingerprint density at radius 1 is 1.17 bits per heavy atom. The molecule has 3 heteroatoms. The Balaban J connectivity index is 2.26. The predicted octanol–water partition coefficient (Wildman–Crippen LogP) is 1.90. The van der Waals surface area contributed by atoms with Crippen LogP contribution in [-0.2, 0) is 6.42 Å². The van der Waals surface area contributed by atoms with Crippen LogP contribution in [0.3, 0.4) is 0 Å². The number of hydrogen-bond acceptors (Lipinski definition) is 3. The summed E-state index contributed by atoms with van der Waals surface area (Å²) in [5.41, 5.74) is 12.5. The third-order valence-electron chi connectivity index (χ3n) is 2.02. The third kappa shape index (κ3) is 1.23. The zero-order valence-corrected chi connectivity index (χ0v) is 7.15. The third-order valence-corrected chi connectivity index (χ3v) is 2.02. The van der Waals surface area contributed by atoms with E-state index in [1.54, 1.807) is 0 Å². The van der Waals surface area contributed by atoms with Crippen molar-refractivity contribution in [2.45, 2.75) is 19.8 Å². The molecule has 3 nitrogen and oxygen atoms in total. The first-order valence-electron chi connectivity index (χ1n) is 4.30. The Labute approximate surface area is 72.1 Å². The highest BCUT2D eigenvalue weighted by molar-refractivity contribution is 5.72. The van der Waals surface area contributed by atoms with Crippen molar-refractivity contribution in [3.8, 4) is 0 Å². The fraction of sp³-hybridized carbons (Fsp3) is 0.333. The molecule has 0 aromatic heterocycles. The van der Waals surface area contributed by atoms with Gasteiger partial charge in [0, 0.05) is 0 Å². The van der Waals surface area contributed by atoms with Gasteiger partial charge in [0.2, 0.25) is 0 Å². The molecule has 0 radical (unpaired) electrons. The van der Waals surface area contributed by atoms with Gasteiger partial charge in [-0.2, -0.15) is 0 Å². The number of fused-ring (bicyclic) bond motifs is 1. The lowest BCUT2D eigenvalue weighted by Crippen LogP contribution is -2.19. The first-order chi connectivity index (χ1) is 5.90. The zero-order chi connectivity index (χ0) is 8.39. The van der Waals surface area contributed by atoms with E-state index >= 15 is 0 Å². The van der Waals surface area contributed by atoms with E-state index in [0.717, 1.165) is 17.8 Å². The van der Waals surface area contributed by atoms with E-state index in [0.29, 0.717) is 0 Å². The maximum atomic E-state index is 3.04. The molecule has 12 heavy (non-hydrogen) atoms. The molecule has 0 fully saturated rings. The number of aryl methyl sites for hydroxylation is 1. The molecule has 2 rings (SSSR count). The Bertz CT molecular complexity index is 283. The fourth-order valence-electron chi connectivity index (χ4n) is 1.41. The Hall–Kier alpha value is -1.22. The number of rotatable bonds is 2. The van der Waals surface area contributed by atoms with E-state index in [9.17, 15) is 0 Å². The molecule has 1 aromatic carbocycles. The lowest BCUT2D eigenvalue weighted by molar-refractivity contribution is 0.922. The molecule has 3 N–H and O–H groups in total. The molecule has 64 valence electrons. The normalized spacial score (nSPS) is 13.4. The summed E-state index contributed by atoms with van der Waals surface area (Å²) in [6, 6.07) is 6.42. The SMILES string of the molecule is CCCc1ccc2c(c1)NNN2. The van der Waals surface area contributed by atoms with E-state index in [2.05, 4.69) is 41.5 Å². The smallest absolute Gasteiger partial charge is 0.0753 e. The van der Waals surface area contributed by atoms with Gasteiger partial charge >= 0.3 is 0 Å². The van der Waals surface area contributed by atoms with Gasteiger partial charge in [0.15, 0.2) is 0 Å². The summed E-state index contributed by atoms with van der Waals surface area (Å²) in [5, 5.41) is 0. The molecule has 0 atom stereocenters. The zero-order valence-electron chi connectivity index (χ0n) is 7.15. The quantitative estimate of drug-likeness (QED) is 0.623. The molecular weight excluding hydrogens is 150 g/mol. The highest BCUT2D eigenvalue weighted by atomic mass is 15.6. The topological polar surface area (TPSA) is 36.1 Å². The van der Waals surface area contributed by atoms with Crippen LogP contribution in [0.5, 0.6) is 0 Å². The average molecular weight is 163 g/mol. The Kier molecular flexibility index (Phi) is 1.87. The van der Waals surface area contributed by atoms with Crippen LogP contribution in [0.4, 0.5) is 11.4 Å². The number of hydrazine groups is 2. The van der Waals surface area contributed by atoms with Gasteiger partial charge in [-0.3, -0.25) is 0 Å². The van der Waals surface area contributed by atoms with Gasteiger partial charge in [-0.1, -0.05) is 19.4 Å². The van der Waals surface area contributed by atoms with Crippen molar-refractivity contribution in [1.82, 2.24) is 5.53 Å². The van der Waals surface area contributed by atoms with Crippen LogP contribution < -0.4 is 16.4 Å². The summed E-state index contributed by atoms with van der Waals surface area (Å²) in [7, 11) is 0. The Morgan fingerprint density at radius 3 is 2.83 bits per heavy atom. The standard InChI is InChI=1S/C9H13N3/c1-2-3-7-4-5-8-9(6-7)11-12-10-8/h4-6,10-12H,2-3H2,1H3. The lowest BCUT2D eigenvalue weighted by Gasteiger charge is -2.01. The van der Waals surface area contributed by atoms with Crippen molar-refractivity contribution in [3.05, 3.63) is 23.8 Å². The van der Waals surface area contributed by atoms with Crippen LogP contribution in [0.1, 0.15) is 18.9 Å². The number of anilines is 2. The van der Waals surface area contributed by atoms with Crippen LogP contribution in [0, 0.1) is 0 Å². The molecule has 0 saturated carbocycles. The highest BCUT2D eigenvalue weighted by Crippen LogP contribution is 2.25. The van der Waals surface area contributed by atoms with Gasteiger partial charge in [0.05, 0.1) is 11.4 Å². The van der Waals surface area contributed by atoms with Gasteiger partial charge in [-0.15, -0.1) is 5.53 Å². The maximum absolute atomic E-state index is 3.04. The number of benzene rings is 1. The average Bonchev–Trinajstić information content (AvgIpc) is 2.51. The predicted molar refractivity (Wildman–Crippen MR) is 50.8 cm³/mol. The summed E-state index contributed by atoms with van der Waals surface area (Å²) in [6.07, 6.45) is 2.34. The van der Waals surface area contributed by atoms with Gasteiger partial charge in [0.25, 0.3) is 0 Å². The van der Waals surface area contributed by atoms with Crippen molar-refractivity contribution >= 4 is 11.4 Å². The van der Waals surface area contributed by atoms with Crippen LogP contribution >= 0.6 is 0 Å². The molecule has 1 aliphatic rings. The van der Waals surface area contributed by atoms with Crippen molar-refractivity contribution in [1.29, 1.82) is 0 Å². The molecule has 0 bridgehead atoms. The summed E-state index contributed by atoms with van der Waals surface area (Å²) >= 11 is 0. The van der Waals surface area contributed by atoms with Crippen molar-refractivity contribution in [3.63, 3.8) is 0 Å². The van der Waals surface area contributed by atoms with E-state index in [-0.39, 0.29) is 0 Å². The van der Waals surface area contributed by atoms with Crippen LogP contribution in [0.15, 0.2) is 18.2 Å². The van der Waals surface area contributed by atoms with E-state index in [1.807, 2.05) is 0 Å². The Morgan fingerprint density at radius 2 is 2.00 bits per heavy atom. The molecule has 0 unspecified atom stereocenters. The van der Waals surface area contributed by atoms with Crippen molar-refractivity contribution in [2.24, 2.45) is 0 Å². The van der Waals surface area contributed by atoms with Gasteiger partial charge in [0.1, 0.15) is 0 Å². The molecule has 1 heterocycles. The fourth-order valence-corrected chi connectivity index (χ4v) is 1.41. The van der Waals surface area contributed by atoms with Gasteiger partial charge < -0.3 is 10.9 Å². The van der Waals surface area contributed by atoms with E-state index < -0.39 is 0 Å². The monoisotopic (exact) mass is 163 g/mol. The lowest BCUT2D eigenvalue weighted by atomic mass is 10.1. The van der Waals surface area contributed by atoms with Crippen LogP contribution in [-0.4, -0.2) is 0 Å². The van der Waals surface area contributed by atoms with E-state index in [1.165, 1.54) is 12.0 Å². The van der Waals surface area contributed by atoms with Crippen LogP contribution in [0.25, 0.3) is 0 Å². The maximum Gasteiger partial charge on any atom is 0.0753 e. The molecule has 0 spiro atoms. The largest absolute Gasteiger partial charge is 0.302 e. The summed E-state index contributed by atoms with van der Waals surface area (Å²) in [4.78, 5) is 0. The molecular formula is C9H13N3. The van der Waals surface area contributed by atoms with Crippen LogP contribution in [0.2, 0.25) is 0 Å². The minimum Gasteiger partial charge on any atom is -0.302 e. The summed E-state index contributed by atoms with van der Waals surface area (Å²) < 4.78 is 0. The molecule has 0 amide bonds. The minimum absolute atomic E-state index is 1.12. The second kappa shape index (κ2) is 3.03.